The van der Waals surface area contributed by atoms with Gasteiger partial charge in [-0.05, 0) is 29.2 Å². The molecule has 20 heavy (non-hydrogen) atoms. The molecular formula is C16H19NO2S. The molecule has 2 aromatic rings. The van der Waals surface area contributed by atoms with Crippen LogP contribution in [0.15, 0.2) is 48.5 Å². The number of aryl methyl sites for hydroxylation is 1. The molecule has 0 atom stereocenters. The molecule has 2 aromatic carbocycles. The van der Waals surface area contributed by atoms with Gasteiger partial charge in [-0.25, -0.2) is 8.42 Å². The molecule has 4 heteroatoms. The summed E-state index contributed by atoms with van der Waals surface area (Å²) in [6.07, 6.45) is 0. The summed E-state index contributed by atoms with van der Waals surface area (Å²) in [5.41, 5.74) is 9.24. The van der Waals surface area contributed by atoms with Crippen molar-refractivity contribution in [3.63, 3.8) is 0 Å². The molecule has 0 fully saturated rings. The fourth-order valence-electron chi connectivity index (χ4n) is 2.16. The van der Waals surface area contributed by atoms with Crippen molar-refractivity contribution in [3.05, 3.63) is 70.8 Å². The molecule has 0 amide bonds. The van der Waals surface area contributed by atoms with Crippen molar-refractivity contribution in [2.45, 2.75) is 25.0 Å². The van der Waals surface area contributed by atoms with E-state index in [9.17, 15) is 8.42 Å². The Morgan fingerprint density at radius 3 is 2.25 bits per heavy atom. The molecule has 0 unspecified atom stereocenters. The summed E-state index contributed by atoms with van der Waals surface area (Å²) >= 11 is 0. The van der Waals surface area contributed by atoms with Gasteiger partial charge in [0.05, 0.1) is 11.5 Å². The van der Waals surface area contributed by atoms with E-state index in [2.05, 4.69) is 0 Å². The average Bonchev–Trinajstić information content (AvgIpc) is 2.41. The minimum Gasteiger partial charge on any atom is -0.326 e. The van der Waals surface area contributed by atoms with E-state index >= 15 is 0 Å². The van der Waals surface area contributed by atoms with Crippen LogP contribution in [0.5, 0.6) is 0 Å². The van der Waals surface area contributed by atoms with Crippen molar-refractivity contribution in [3.8, 4) is 0 Å². The van der Waals surface area contributed by atoms with Gasteiger partial charge in [-0.1, -0.05) is 48.5 Å². The number of benzene rings is 2. The predicted octanol–water partition coefficient (Wildman–Crippen LogP) is 2.57. The number of hydrogen-bond acceptors (Lipinski definition) is 3. The van der Waals surface area contributed by atoms with Crippen molar-refractivity contribution in [1.82, 2.24) is 0 Å². The Hall–Kier alpha value is -1.65. The Bertz CT molecular complexity index is 679. The standard InChI is InChI=1S/C16H19NO2S/c1-13-9-15(10-17)7-8-16(13)12-20(18,19)11-14-5-3-2-4-6-14/h2-9H,10-12,17H2,1H3. The highest BCUT2D eigenvalue weighted by Crippen LogP contribution is 2.17. The molecule has 0 aliphatic carbocycles. The fourth-order valence-corrected chi connectivity index (χ4v) is 3.76. The maximum Gasteiger partial charge on any atom is 0.158 e. The molecule has 2 N–H and O–H groups in total. The smallest absolute Gasteiger partial charge is 0.158 e. The lowest BCUT2D eigenvalue weighted by molar-refractivity contribution is 0.594. The summed E-state index contributed by atoms with van der Waals surface area (Å²) in [6, 6.07) is 15.0. The monoisotopic (exact) mass is 289 g/mol. The first kappa shape index (κ1) is 14.8. The van der Waals surface area contributed by atoms with Gasteiger partial charge < -0.3 is 5.73 Å². The summed E-state index contributed by atoms with van der Waals surface area (Å²) < 4.78 is 24.5. The third-order valence-corrected chi connectivity index (χ3v) is 4.77. The van der Waals surface area contributed by atoms with Crippen LogP contribution < -0.4 is 5.73 Å². The molecule has 0 aromatic heterocycles. The fraction of sp³-hybridized carbons (Fsp3) is 0.250. The zero-order valence-electron chi connectivity index (χ0n) is 11.5. The first-order valence-electron chi connectivity index (χ1n) is 6.53. The van der Waals surface area contributed by atoms with E-state index in [1.165, 1.54) is 0 Å². The van der Waals surface area contributed by atoms with E-state index in [1.54, 1.807) is 0 Å². The van der Waals surface area contributed by atoms with Crippen molar-refractivity contribution in [2.24, 2.45) is 5.73 Å². The molecule has 0 radical (unpaired) electrons. The van der Waals surface area contributed by atoms with Gasteiger partial charge in [-0.2, -0.15) is 0 Å². The maximum absolute atomic E-state index is 12.3. The molecule has 3 nitrogen and oxygen atoms in total. The third kappa shape index (κ3) is 3.92. The number of nitrogens with two attached hydrogens (primary N) is 1. The summed E-state index contributed by atoms with van der Waals surface area (Å²) in [5, 5.41) is 0. The second kappa shape index (κ2) is 6.20. The lowest BCUT2D eigenvalue weighted by atomic mass is 10.1. The van der Waals surface area contributed by atoms with Gasteiger partial charge in [-0.3, -0.25) is 0 Å². The maximum atomic E-state index is 12.3. The molecule has 0 spiro atoms. The van der Waals surface area contributed by atoms with Crippen molar-refractivity contribution in [2.75, 3.05) is 0 Å². The molecule has 0 saturated carbocycles. The number of rotatable bonds is 5. The zero-order chi connectivity index (χ0) is 14.6. The van der Waals surface area contributed by atoms with E-state index in [-0.39, 0.29) is 11.5 Å². The quantitative estimate of drug-likeness (QED) is 0.920. The summed E-state index contributed by atoms with van der Waals surface area (Å²) in [5.74, 6) is 0.143. The van der Waals surface area contributed by atoms with E-state index < -0.39 is 9.84 Å². The van der Waals surface area contributed by atoms with Gasteiger partial charge in [0.25, 0.3) is 0 Å². The van der Waals surface area contributed by atoms with Crippen molar-refractivity contribution < 1.29 is 8.42 Å². The molecule has 0 aliphatic rings. The molecule has 0 aliphatic heterocycles. The Balaban J connectivity index is 2.16. The van der Waals surface area contributed by atoms with Gasteiger partial charge in [0.1, 0.15) is 0 Å². The van der Waals surface area contributed by atoms with Crippen LogP contribution in [-0.4, -0.2) is 8.42 Å². The lowest BCUT2D eigenvalue weighted by Gasteiger charge is -2.09. The molecule has 0 saturated heterocycles. The predicted molar refractivity (Wildman–Crippen MR) is 81.8 cm³/mol. The second-order valence-corrected chi connectivity index (χ2v) is 7.05. The molecule has 2 rings (SSSR count). The highest BCUT2D eigenvalue weighted by molar-refractivity contribution is 7.89. The van der Waals surface area contributed by atoms with E-state index in [0.29, 0.717) is 6.54 Å². The zero-order valence-corrected chi connectivity index (χ0v) is 12.4. The van der Waals surface area contributed by atoms with Gasteiger partial charge in [-0.15, -0.1) is 0 Å². The topological polar surface area (TPSA) is 60.2 Å². The molecule has 106 valence electrons. The summed E-state index contributed by atoms with van der Waals surface area (Å²) in [6.45, 7) is 2.39. The van der Waals surface area contributed by atoms with Crippen molar-refractivity contribution >= 4 is 9.84 Å². The first-order valence-corrected chi connectivity index (χ1v) is 8.35. The summed E-state index contributed by atoms with van der Waals surface area (Å²) in [7, 11) is -3.16. The van der Waals surface area contributed by atoms with Crippen LogP contribution in [0.3, 0.4) is 0 Å². The van der Waals surface area contributed by atoms with Gasteiger partial charge in [0.15, 0.2) is 9.84 Å². The largest absolute Gasteiger partial charge is 0.326 e. The number of hydrogen-bond donors (Lipinski definition) is 1. The second-order valence-electron chi connectivity index (χ2n) is 4.98. The summed E-state index contributed by atoms with van der Waals surface area (Å²) in [4.78, 5) is 0. The Kier molecular flexibility index (Phi) is 4.57. The van der Waals surface area contributed by atoms with Crippen LogP contribution >= 0.6 is 0 Å². The molecule has 0 bridgehead atoms. The molecular weight excluding hydrogens is 270 g/mol. The van der Waals surface area contributed by atoms with E-state index in [4.69, 9.17) is 5.73 Å². The Morgan fingerprint density at radius 1 is 0.950 bits per heavy atom. The number of sulfone groups is 1. The van der Waals surface area contributed by atoms with Crippen LogP contribution in [-0.2, 0) is 27.9 Å². The highest BCUT2D eigenvalue weighted by atomic mass is 32.2. The lowest BCUT2D eigenvalue weighted by Crippen LogP contribution is -2.09. The SMILES string of the molecule is Cc1cc(CN)ccc1CS(=O)(=O)Cc1ccccc1. The van der Waals surface area contributed by atoms with Crippen LogP contribution in [0.25, 0.3) is 0 Å². The highest BCUT2D eigenvalue weighted by Gasteiger charge is 2.14. The van der Waals surface area contributed by atoms with Crippen LogP contribution in [0.4, 0.5) is 0 Å². The van der Waals surface area contributed by atoms with E-state index in [1.807, 2.05) is 55.5 Å². The van der Waals surface area contributed by atoms with E-state index in [0.717, 1.165) is 22.3 Å². The van der Waals surface area contributed by atoms with Crippen LogP contribution in [0.2, 0.25) is 0 Å². The third-order valence-electron chi connectivity index (χ3n) is 3.25. The molecule has 0 heterocycles. The van der Waals surface area contributed by atoms with Crippen molar-refractivity contribution in [1.29, 1.82) is 0 Å². The van der Waals surface area contributed by atoms with Gasteiger partial charge in [0, 0.05) is 6.54 Å². The Labute approximate surface area is 120 Å². The van der Waals surface area contributed by atoms with Gasteiger partial charge in [0.2, 0.25) is 0 Å². The average molecular weight is 289 g/mol. The van der Waals surface area contributed by atoms with Gasteiger partial charge >= 0.3 is 0 Å². The first-order chi connectivity index (χ1) is 9.50. The van der Waals surface area contributed by atoms with Crippen LogP contribution in [0.1, 0.15) is 22.3 Å². The van der Waals surface area contributed by atoms with Crippen LogP contribution in [0, 0.1) is 6.92 Å². The normalized spacial score (nSPS) is 11.5. The minimum absolute atomic E-state index is 0.0680. The Morgan fingerprint density at radius 2 is 1.65 bits per heavy atom. The minimum atomic E-state index is -3.16.